The van der Waals surface area contributed by atoms with Crippen LogP contribution in [0.4, 0.5) is 0 Å². The number of carbonyl (C=O) groups excluding carboxylic acids is 6. The van der Waals surface area contributed by atoms with E-state index in [1.807, 2.05) is 0 Å². The molecule has 204 valence electrons. The van der Waals surface area contributed by atoms with Gasteiger partial charge >= 0.3 is 47.5 Å². The fraction of sp³-hybridized carbons (Fsp3) is 0.760. The molecule has 0 N–H and O–H groups in total. The Kier molecular flexibility index (Phi) is 32.2. The number of Topliss-reactive ketones (excluding diaryl/α,β-unsaturated/α-hetero) is 3. The third-order valence-electron chi connectivity index (χ3n) is 4.48. The molecule has 0 amide bonds. The minimum Gasteiger partial charge on any atom is -0.855 e. The van der Waals surface area contributed by atoms with Crippen LogP contribution >= 0.6 is 0 Å². The molecule has 1 atom stereocenters. The van der Waals surface area contributed by atoms with E-state index >= 15 is 0 Å². The second kappa shape index (κ2) is 28.0. The van der Waals surface area contributed by atoms with Gasteiger partial charge in [0.1, 0.15) is 11.6 Å². The maximum atomic E-state index is 11.4. The van der Waals surface area contributed by atoms with Crippen molar-refractivity contribution in [2.45, 2.75) is 92.9 Å². The molecule has 2 rings (SSSR count). The van der Waals surface area contributed by atoms with Crippen molar-refractivity contribution in [2.75, 3.05) is 26.4 Å². The van der Waals surface area contributed by atoms with Crippen LogP contribution in [0.2, 0.25) is 0 Å². The predicted octanol–water partition coefficient (Wildman–Crippen LogP) is -0.483. The normalized spacial score (nSPS) is 15.8. The molecule has 11 heteroatoms. The fourth-order valence-corrected chi connectivity index (χ4v) is 2.93. The van der Waals surface area contributed by atoms with Crippen LogP contribution in [0.15, 0.2) is 0 Å². The summed E-state index contributed by atoms with van der Waals surface area (Å²) in [5.74, 6) is -3.78. The number of hydrogen-bond donors (Lipinski definition) is 0. The monoisotopic (exact) mass is 526 g/mol. The summed E-state index contributed by atoms with van der Waals surface area (Å²) in [6.45, 7) is 7.00. The van der Waals surface area contributed by atoms with Gasteiger partial charge in [0.25, 0.3) is 0 Å². The molecule has 0 radical (unpaired) electrons. The predicted molar refractivity (Wildman–Crippen MR) is 127 cm³/mol. The largest absolute Gasteiger partial charge is 1.00 e. The van der Waals surface area contributed by atoms with E-state index in [0.717, 1.165) is 38.5 Å². The van der Waals surface area contributed by atoms with Crippen LogP contribution in [0.1, 0.15) is 92.9 Å². The molecule has 1 unspecified atom stereocenters. The Hall–Kier alpha value is -1.62. The van der Waals surface area contributed by atoms with Gasteiger partial charge in [-0.1, -0.05) is 27.2 Å². The van der Waals surface area contributed by atoms with Gasteiger partial charge < -0.3 is 19.3 Å². The summed E-state index contributed by atoms with van der Waals surface area (Å²) in [5, 5.41) is 8.93. The molecule has 10 nitrogen and oxygen atoms in total. The molecule has 36 heavy (non-hydrogen) atoms. The topological polar surface area (TPSA) is 153 Å². The number of ether oxygens (including phenoxy) is 3. The third kappa shape index (κ3) is 21.6. The van der Waals surface area contributed by atoms with Crippen molar-refractivity contribution in [1.82, 2.24) is 0 Å². The molecule has 2 aliphatic carbocycles. The second-order valence-electron chi connectivity index (χ2n) is 7.18. The maximum Gasteiger partial charge on any atom is 1.00 e. The van der Waals surface area contributed by atoms with E-state index < -0.39 is 29.6 Å². The van der Waals surface area contributed by atoms with Crippen LogP contribution < -0.4 is 34.7 Å². The molecule has 0 saturated heterocycles. The van der Waals surface area contributed by atoms with Crippen molar-refractivity contribution < 1.29 is 77.6 Å². The number of ketones is 3. The zero-order valence-corrected chi connectivity index (χ0v) is 23.9. The number of carbonyl (C=O) groups is 6. The van der Waals surface area contributed by atoms with Gasteiger partial charge in [-0.25, -0.2) is 14.4 Å². The molecule has 0 aromatic carbocycles. The van der Waals surface area contributed by atoms with Crippen LogP contribution in [0.5, 0.6) is 0 Å². The summed E-state index contributed by atoms with van der Waals surface area (Å²) >= 11 is 0. The van der Waals surface area contributed by atoms with Crippen molar-refractivity contribution in [3.63, 3.8) is 0 Å². The number of rotatable bonds is 5. The van der Waals surface area contributed by atoms with Gasteiger partial charge in [-0.2, -0.15) is 0 Å². The Morgan fingerprint density at radius 1 is 0.722 bits per heavy atom. The summed E-state index contributed by atoms with van der Waals surface area (Å²) in [7, 11) is 0. The minimum absolute atomic E-state index is 0. The first-order valence-electron chi connectivity index (χ1n) is 11.9. The first-order valence-corrected chi connectivity index (χ1v) is 11.9. The molecule has 0 aromatic heterocycles. The SMILES string of the molecule is C.CCOC(=O)C(=O)C1CCCCC1=O.CCOC(=O)C(=O)OCC.CC[O-].O=C1CCCCC1.[Na+]. The summed E-state index contributed by atoms with van der Waals surface area (Å²) < 4.78 is 13.2. The summed E-state index contributed by atoms with van der Waals surface area (Å²) in [4.78, 5) is 65.1. The first kappa shape index (κ1) is 41.5. The Balaban J connectivity index is -0.000000206. The van der Waals surface area contributed by atoms with Crippen molar-refractivity contribution in [3.05, 3.63) is 0 Å². The van der Waals surface area contributed by atoms with Crippen LogP contribution in [0.25, 0.3) is 0 Å². The molecule has 0 spiro atoms. The van der Waals surface area contributed by atoms with E-state index in [0.29, 0.717) is 18.6 Å². The smallest absolute Gasteiger partial charge is 0.855 e. The zero-order valence-electron chi connectivity index (χ0n) is 21.9. The van der Waals surface area contributed by atoms with Crippen LogP contribution in [-0.2, 0) is 43.0 Å². The van der Waals surface area contributed by atoms with E-state index in [1.54, 1.807) is 27.7 Å². The van der Waals surface area contributed by atoms with Crippen LogP contribution in [-0.4, -0.2) is 61.7 Å². The maximum absolute atomic E-state index is 11.4. The second-order valence-corrected chi connectivity index (χ2v) is 7.18. The van der Waals surface area contributed by atoms with E-state index in [2.05, 4.69) is 14.2 Å². The molecular weight excluding hydrogens is 483 g/mol. The standard InChI is InChI=1S/C10H14O4.C6H10O4.C6H10O.C2H5O.CH4.Na/c1-2-14-10(13)9(12)7-5-3-4-6-8(7)11;1-3-9-5(7)6(8)10-4-2;7-6-4-2-1-3-5-6;1-2-3;;/h7H,2-6H2,1H3;3-4H2,1-2H3;1-5H2;2H2,1H3;1H4;/q;;;-1;;+1. The first-order chi connectivity index (χ1) is 16.2. The van der Waals surface area contributed by atoms with Gasteiger partial charge in [0.15, 0.2) is 0 Å². The fourth-order valence-electron chi connectivity index (χ4n) is 2.93. The molecular formula is C25H43NaO10. The van der Waals surface area contributed by atoms with Gasteiger partial charge in [-0.3, -0.25) is 14.4 Å². The van der Waals surface area contributed by atoms with E-state index in [4.69, 9.17) is 5.11 Å². The Bertz CT molecular complexity index is 625. The Labute approximate surface area is 237 Å². The van der Waals surface area contributed by atoms with Crippen LogP contribution in [0, 0.1) is 5.92 Å². The van der Waals surface area contributed by atoms with E-state index in [9.17, 15) is 28.8 Å². The van der Waals surface area contributed by atoms with Crippen molar-refractivity contribution >= 4 is 35.3 Å². The summed E-state index contributed by atoms with van der Waals surface area (Å²) in [6.07, 6.45) is 7.81. The van der Waals surface area contributed by atoms with Crippen LogP contribution in [0.3, 0.4) is 0 Å². The number of hydrogen-bond acceptors (Lipinski definition) is 10. The molecule has 0 aromatic rings. The van der Waals surface area contributed by atoms with Gasteiger partial charge in [-0.15, -0.1) is 6.61 Å². The quantitative estimate of drug-likeness (QED) is 0.151. The molecule has 2 fully saturated rings. The molecule has 2 aliphatic rings. The van der Waals surface area contributed by atoms with Crippen molar-refractivity contribution in [3.8, 4) is 0 Å². The van der Waals surface area contributed by atoms with E-state index in [1.165, 1.54) is 6.42 Å². The average Bonchev–Trinajstić information content (AvgIpc) is 2.81. The van der Waals surface area contributed by atoms with Gasteiger partial charge in [0.2, 0.25) is 5.78 Å². The molecule has 0 heterocycles. The Morgan fingerprint density at radius 3 is 1.44 bits per heavy atom. The van der Waals surface area contributed by atoms with Gasteiger partial charge in [0, 0.05) is 19.3 Å². The summed E-state index contributed by atoms with van der Waals surface area (Å²) in [5.41, 5.74) is 0. The Morgan fingerprint density at radius 2 is 1.11 bits per heavy atom. The zero-order chi connectivity index (χ0) is 26.4. The molecule has 0 aliphatic heterocycles. The number of esters is 3. The van der Waals surface area contributed by atoms with E-state index in [-0.39, 0.29) is 69.2 Å². The van der Waals surface area contributed by atoms with Gasteiger partial charge in [0.05, 0.1) is 25.7 Å². The minimum atomic E-state index is -0.927. The molecule has 0 bridgehead atoms. The summed E-state index contributed by atoms with van der Waals surface area (Å²) in [6, 6.07) is 0. The van der Waals surface area contributed by atoms with Crippen molar-refractivity contribution in [1.29, 1.82) is 0 Å². The molecule has 2 saturated carbocycles. The van der Waals surface area contributed by atoms with Crippen molar-refractivity contribution in [2.24, 2.45) is 5.92 Å². The third-order valence-corrected chi connectivity index (χ3v) is 4.48. The average molecular weight is 527 g/mol. The van der Waals surface area contributed by atoms with Gasteiger partial charge in [-0.05, 0) is 46.5 Å².